The lowest BCUT2D eigenvalue weighted by Gasteiger charge is -2.16. The summed E-state index contributed by atoms with van der Waals surface area (Å²) in [4.78, 5) is 18.5. The molecule has 0 atom stereocenters. The Kier molecular flexibility index (Phi) is 15.6. The zero-order valence-electron chi connectivity index (χ0n) is 15.3. The molecule has 1 aliphatic rings. The third kappa shape index (κ3) is 11.1. The fourth-order valence-corrected chi connectivity index (χ4v) is 2.46. The van der Waals surface area contributed by atoms with E-state index in [1.54, 1.807) is 0 Å². The van der Waals surface area contributed by atoms with Gasteiger partial charge in [-0.25, -0.2) is 0 Å². The first-order valence-corrected chi connectivity index (χ1v) is 9.15. The third-order valence-electron chi connectivity index (χ3n) is 3.79. The minimum absolute atomic E-state index is 0. The Balaban J connectivity index is 0.00000529. The van der Waals surface area contributed by atoms with E-state index in [-0.39, 0.29) is 29.9 Å². The van der Waals surface area contributed by atoms with E-state index in [9.17, 15) is 4.79 Å². The van der Waals surface area contributed by atoms with Crippen molar-refractivity contribution >= 4 is 35.8 Å². The van der Waals surface area contributed by atoms with Crippen LogP contribution in [-0.2, 0) is 9.53 Å². The van der Waals surface area contributed by atoms with E-state index < -0.39 is 0 Å². The molecule has 0 radical (unpaired) electrons. The fourth-order valence-electron chi connectivity index (χ4n) is 2.46. The molecule has 1 saturated heterocycles. The predicted octanol–water partition coefficient (Wildman–Crippen LogP) is 2.38. The number of halogens is 1. The number of hydrogen-bond donors (Lipinski definition) is 2. The van der Waals surface area contributed by atoms with Crippen molar-refractivity contribution in [2.75, 3.05) is 45.9 Å². The quantitative estimate of drug-likeness (QED) is 0.218. The van der Waals surface area contributed by atoms with Gasteiger partial charge in [0.1, 0.15) is 0 Å². The number of carbonyl (C=O) groups is 1. The first-order valence-electron chi connectivity index (χ1n) is 9.15. The number of nitrogens with zero attached hydrogens (tertiary/aromatic N) is 2. The molecule has 1 aliphatic heterocycles. The van der Waals surface area contributed by atoms with Crippen molar-refractivity contribution in [3.05, 3.63) is 0 Å². The van der Waals surface area contributed by atoms with E-state index in [0.717, 1.165) is 71.0 Å². The fraction of sp³-hybridized carbons (Fsp3) is 0.882. The van der Waals surface area contributed by atoms with Gasteiger partial charge in [-0.2, -0.15) is 0 Å². The number of nitrogens with one attached hydrogen (secondary N) is 2. The summed E-state index contributed by atoms with van der Waals surface area (Å²) < 4.78 is 5.53. The predicted molar refractivity (Wildman–Crippen MR) is 110 cm³/mol. The highest BCUT2D eigenvalue weighted by atomic mass is 127. The monoisotopic (exact) mass is 454 g/mol. The number of amides is 1. The van der Waals surface area contributed by atoms with Crippen molar-refractivity contribution in [3.8, 4) is 0 Å². The van der Waals surface area contributed by atoms with Crippen molar-refractivity contribution < 1.29 is 9.53 Å². The first-order chi connectivity index (χ1) is 11.3. The average molecular weight is 454 g/mol. The number of likely N-dealkylation sites (tertiary alicyclic amines) is 1. The van der Waals surface area contributed by atoms with Gasteiger partial charge in [0.25, 0.3) is 0 Å². The molecule has 0 unspecified atom stereocenters. The zero-order chi connectivity index (χ0) is 16.8. The highest BCUT2D eigenvalue weighted by Gasteiger charge is 2.17. The largest absolute Gasteiger partial charge is 0.381 e. The van der Waals surface area contributed by atoms with Gasteiger partial charge >= 0.3 is 0 Å². The molecule has 24 heavy (non-hydrogen) atoms. The molecule has 1 rings (SSSR count). The maximum atomic E-state index is 12.0. The summed E-state index contributed by atoms with van der Waals surface area (Å²) in [6.45, 7) is 9.84. The van der Waals surface area contributed by atoms with Crippen molar-refractivity contribution in [1.29, 1.82) is 0 Å². The third-order valence-corrected chi connectivity index (χ3v) is 3.79. The summed E-state index contributed by atoms with van der Waals surface area (Å²) in [5.74, 6) is 1.03. The van der Waals surface area contributed by atoms with Gasteiger partial charge in [-0.3, -0.25) is 9.79 Å². The number of carbonyl (C=O) groups excluding carboxylic acids is 1. The SMILES string of the molecule is CCCCOCCCN=C(NCC)NCCC(=O)N1CCCC1.I. The van der Waals surface area contributed by atoms with E-state index in [1.165, 1.54) is 6.42 Å². The molecule has 142 valence electrons. The smallest absolute Gasteiger partial charge is 0.224 e. The highest BCUT2D eigenvalue weighted by molar-refractivity contribution is 14.0. The van der Waals surface area contributed by atoms with Crippen LogP contribution in [0.15, 0.2) is 4.99 Å². The molecule has 1 fully saturated rings. The molecule has 0 spiro atoms. The van der Waals surface area contributed by atoms with Crippen LogP contribution in [0.5, 0.6) is 0 Å². The summed E-state index contributed by atoms with van der Waals surface area (Å²) in [5, 5.41) is 6.45. The molecule has 6 nitrogen and oxygen atoms in total. The van der Waals surface area contributed by atoms with E-state index in [0.29, 0.717) is 13.0 Å². The highest BCUT2D eigenvalue weighted by Crippen LogP contribution is 2.08. The Morgan fingerprint density at radius 1 is 1.12 bits per heavy atom. The van der Waals surface area contributed by atoms with Crippen LogP contribution in [-0.4, -0.2) is 62.7 Å². The Hall–Kier alpha value is -0.570. The number of ether oxygens (including phenoxy) is 1. The Morgan fingerprint density at radius 3 is 2.50 bits per heavy atom. The Labute approximate surface area is 164 Å². The second kappa shape index (κ2) is 15.9. The number of aliphatic imine (C=N–C) groups is 1. The minimum Gasteiger partial charge on any atom is -0.381 e. The first kappa shape index (κ1) is 23.4. The maximum Gasteiger partial charge on any atom is 0.224 e. The van der Waals surface area contributed by atoms with E-state index >= 15 is 0 Å². The molecule has 0 bridgehead atoms. The maximum absolute atomic E-state index is 12.0. The number of guanidine groups is 1. The zero-order valence-corrected chi connectivity index (χ0v) is 17.6. The van der Waals surface area contributed by atoms with Crippen LogP contribution in [0, 0.1) is 0 Å². The minimum atomic E-state index is 0. The second-order valence-corrected chi connectivity index (χ2v) is 5.84. The lowest BCUT2D eigenvalue weighted by atomic mass is 10.3. The van der Waals surface area contributed by atoms with E-state index in [4.69, 9.17) is 4.74 Å². The van der Waals surface area contributed by atoms with Gasteiger partial charge in [0.05, 0.1) is 0 Å². The van der Waals surface area contributed by atoms with Crippen molar-refractivity contribution in [2.24, 2.45) is 4.99 Å². The van der Waals surface area contributed by atoms with Crippen LogP contribution in [0.2, 0.25) is 0 Å². The second-order valence-electron chi connectivity index (χ2n) is 5.84. The Bertz CT molecular complexity index is 347. The van der Waals surface area contributed by atoms with Gasteiger partial charge in [0.2, 0.25) is 5.91 Å². The van der Waals surface area contributed by atoms with Crippen LogP contribution in [0.3, 0.4) is 0 Å². The molecule has 0 aromatic heterocycles. The summed E-state index contributed by atoms with van der Waals surface area (Å²) >= 11 is 0. The van der Waals surface area contributed by atoms with Crippen LogP contribution in [0.25, 0.3) is 0 Å². The molecule has 1 heterocycles. The van der Waals surface area contributed by atoms with Crippen molar-refractivity contribution in [3.63, 3.8) is 0 Å². The van der Waals surface area contributed by atoms with Crippen LogP contribution < -0.4 is 10.6 Å². The molecule has 0 aromatic rings. The molecule has 7 heteroatoms. The molecule has 1 amide bonds. The van der Waals surface area contributed by atoms with Gasteiger partial charge in [-0.05, 0) is 32.6 Å². The van der Waals surface area contributed by atoms with Crippen LogP contribution in [0.1, 0.15) is 52.4 Å². The number of hydrogen-bond acceptors (Lipinski definition) is 3. The van der Waals surface area contributed by atoms with Gasteiger partial charge in [-0.15, -0.1) is 24.0 Å². The number of rotatable bonds is 11. The van der Waals surface area contributed by atoms with Crippen LogP contribution >= 0.6 is 24.0 Å². The van der Waals surface area contributed by atoms with Gasteiger partial charge in [0, 0.05) is 52.4 Å². The summed E-state index contributed by atoms with van der Waals surface area (Å²) in [7, 11) is 0. The van der Waals surface area contributed by atoms with Crippen LogP contribution in [0.4, 0.5) is 0 Å². The molecular weight excluding hydrogens is 419 g/mol. The van der Waals surface area contributed by atoms with Crippen molar-refractivity contribution in [1.82, 2.24) is 15.5 Å². The van der Waals surface area contributed by atoms with Crippen molar-refractivity contribution in [2.45, 2.75) is 52.4 Å². The van der Waals surface area contributed by atoms with Gasteiger partial charge < -0.3 is 20.3 Å². The normalized spacial score (nSPS) is 14.4. The van der Waals surface area contributed by atoms with E-state index in [1.807, 2.05) is 11.8 Å². The molecule has 0 saturated carbocycles. The van der Waals surface area contributed by atoms with Gasteiger partial charge in [-0.1, -0.05) is 13.3 Å². The number of unbranched alkanes of at least 4 members (excludes halogenated alkanes) is 1. The lowest BCUT2D eigenvalue weighted by Crippen LogP contribution is -2.39. The Morgan fingerprint density at radius 2 is 1.83 bits per heavy atom. The summed E-state index contributed by atoms with van der Waals surface area (Å²) in [6, 6.07) is 0. The summed E-state index contributed by atoms with van der Waals surface area (Å²) in [6.07, 6.45) is 6.03. The lowest BCUT2D eigenvalue weighted by molar-refractivity contribution is -0.129. The molecule has 0 aliphatic carbocycles. The average Bonchev–Trinajstić information content (AvgIpc) is 3.08. The standard InChI is InChI=1S/C17H34N4O2.HI/c1-3-5-14-23-15-8-10-19-17(18-4-2)20-11-9-16(22)21-12-6-7-13-21;/h3-15H2,1-2H3,(H2,18,19,20);1H. The molecule has 0 aromatic carbocycles. The van der Waals surface area contributed by atoms with E-state index in [2.05, 4.69) is 22.5 Å². The molecular formula is C17H35IN4O2. The van der Waals surface area contributed by atoms with Gasteiger partial charge in [0.15, 0.2) is 5.96 Å². The topological polar surface area (TPSA) is 66.0 Å². The summed E-state index contributed by atoms with van der Waals surface area (Å²) in [5.41, 5.74) is 0. The molecule has 2 N–H and O–H groups in total.